The van der Waals surface area contributed by atoms with E-state index in [1.165, 1.54) is 17.3 Å². The molecule has 0 radical (unpaired) electrons. The second-order valence-corrected chi connectivity index (χ2v) is 7.27. The van der Waals surface area contributed by atoms with Gasteiger partial charge in [-0.15, -0.1) is 15.3 Å². The van der Waals surface area contributed by atoms with Gasteiger partial charge in [0.1, 0.15) is 5.75 Å². The van der Waals surface area contributed by atoms with Gasteiger partial charge in [0, 0.05) is 5.56 Å². The van der Waals surface area contributed by atoms with Crippen molar-refractivity contribution in [2.75, 3.05) is 0 Å². The van der Waals surface area contributed by atoms with E-state index in [2.05, 4.69) is 25.7 Å². The number of hydrogen-bond acceptors (Lipinski definition) is 8. The summed E-state index contributed by atoms with van der Waals surface area (Å²) in [4.78, 5) is 0. The fraction of sp³-hybridized carbons (Fsp3) is 0.167. The Morgan fingerprint density at radius 2 is 1.74 bits per heavy atom. The first-order valence-electron chi connectivity index (χ1n) is 8.25. The highest BCUT2D eigenvalue weighted by Gasteiger charge is 2.20. The SMILES string of the molecule is Cc1ccc(-c2nnc(C(C)Sc3nnnn3-c3ccc(O)cc3)o2)cc1. The Bertz CT molecular complexity index is 1040. The van der Waals surface area contributed by atoms with Crippen LogP contribution >= 0.6 is 11.8 Å². The van der Waals surface area contributed by atoms with Crippen molar-refractivity contribution >= 4 is 11.8 Å². The van der Waals surface area contributed by atoms with E-state index in [0.717, 1.165) is 11.3 Å². The van der Waals surface area contributed by atoms with E-state index in [1.54, 1.807) is 28.9 Å². The van der Waals surface area contributed by atoms with Crippen LogP contribution < -0.4 is 0 Å². The van der Waals surface area contributed by atoms with Gasteiger partial charge < -0.3 is 9.52 Å². The molecule has 0 amide bonds. The third-order valence-corrected chi connectivity index (χ3v) is 4.92. The molecular weight excluding hydrogens is 364 g/mol. The summed E-state index contributed by atoms with van der Waals surface area (Å²) in [5, 5.41) is 30.0. The summed E-state index contributed by atoms with van der Waals surface area (Å²) >= 11 is 1.41. The number of phenolic OH excluding ortho intramolecular Hbond substituents is 1. The number of nitrogens with zero attached hydrogens (tertiary/aromatic N) is 6. The zero-order valence-electron chi connectivity index (χ0n) is 14.6. The molecule has 0 fully saturated rings. The fourth-order valence-electron chi connectivity index (χ4n) is 2.43. The molecule has 0 aliphatic heterocycles. The number of phenols is 1. The fourth-order valence-corrected chi connectivity index (χ4v) is 3.27. The van der Waals surface area contributed by atoms with Crippen molar-refractivity contribution < 1.29 is 9.52 Å². The molecule has 1 unspecified atom stereocenters. The number of benzene rings is 2. The normalized spacial score (nSPS) is 12.2. The van der Waals surface area contributed by atoms with Crippen LogP contribution in [0.2, 0.25) is 0 Å². The molecule has 0 bridgehead atoms. The van der Waals surface area contributed by atoms with Gasteiger partial charge in [0.25, 0.3) is 0 Å². The third kappa shape index (κ3) is 3.68. The van der Waals surface area contributed by atoms with E-state index in [9.17, 15) is 5.11 Å². The van der Waals surface area contributed by atoms with Crippen LogP contribution in [0.4, 0.5) is 0 Å². The zero-order valence-corrected chi connectivity index (χ0v) is 15.5. The molecule has 4 aromatic rings. The van der Waals surface area contributed by atoms with Crippen LogP contribution in [-0.4, -0.2) is 35.5 Å². The molecule has 27 heavy (non-hydrogen) atoms. The topological polar surface area (TPSA) is 103 Å². The van der Waals surface area contributed by atoms with E-state index in [1.807, 2.05) is 38.1 Å². The van der Waals surface area contributed by atoms with Gasteiger partial charge in [0.2, 0.25) is 16.9 Å². The van der Waals surface area contributed by atoms with Crippen LogP contribution in [0.5, 0.6) is 5.75 Å². The van der Waals surface area contributed by atoms with Crippen LogP contribution in [0, 0.1) is 6.92 Å². The van der Waals surface area contributed by atoms with Gasteiger partial charge in [-0.3, -0.25) is 0 Å². The molecule has 2 aromatic heterocycles. The summed E-state index contributed by atoms with van der Waals surface area (Å²) in [5.74, 6) is 1.16. The second-order valence-electron chi connectivity index (χ2n) is 5.96. The summed E-state index contributed by atoms with van der Waals surface area (Å²) in [6.07, 6.45) is 0. The highest BCUT2D eigenvalue weighted by Crippen LogP contribution is 2.34. The molecule has 8 nitrogen and oxygen atoms in total. The number of hydrogen-bond donors (Lipinski definition) is 1. The van der Waals surface area contributed by atoms with Crippen molar-refractivity contribution in [1.29, 1.82) is 0 Å². The highest BCUT2D eigenvalue weighted by molar-refractivity contribution is 7.99. The minimum Gasteiger partial charge on any atom is -0.508 e. The molecule has 0 aliphatic carbocycles. The minimum absolute atomic E-state index is 0.140. The Morgan fingerprint density at radius 3 is 2.48 bits per heavy atom. The predicted molar refractivity (Wildman–Crippen MR) is 99.6 cm³/mol. The first-order chi connectivity index (χ1) is 13.1. The molecule has 136 valence electrons. The first kappa shape index (κ1) is 17.2. The molecular formula is C18H16N6O2S. The van der Waals surface area contributed by atoms with Gasteiger partial charge in [-0.25, -0.2) is 0 Å². The zero-order chi connectivity index (χ0) is 18.8. The van der Waals surface area contributed by atoms with Crippen LogP contribution in [0.25, 0.3) is 17.1 Å². The van der Waals surface area contributed by atoms with Crippen molar-refractivity contribution in [1.82, 2.24) is 30.4 Å². The van der Waals surface area contributed by atoms with Crippen molar-refractivity contribution in [3.63, 3.8) is 0 Å². The van der Waals surface area contributed by atoms with Gasteiger partial charge in [-0.2, -0.15) is 4.68 Å². The van der Waals surface area contributed by atoms with Crippen molar-refractivity contribution in [2.45, 2.75) is 24.3 Å². The third-order valence-electron chi connectivity index (χ3n) is 3.90. The molecule has 2 heterocycles. The monoisotopic (exact) mass is 380 g/mol. The highest BCUT2D eigenvalue weighted by atomic mass is 32.2. The Morgan fingerprint density at radius 1 is 1.00 bits per heavy atom. The molecule has 0 aliphatic rings. The smallest absolute Gasteiger partial charge is 0.247 e. The maximum atomic E-state index is 9.44. The molecule has 1 atom stereocenters. The number of rotatable bonds is 5. The summed E-state index contributed by atoms with van der Waals surface area (Å²) in [5.41, 5.74) is 2.80. The minimum atomic E-state index is -0.140. The van der Waals surface area contributed by atoms with E-state index in [4.69, 9.17) is 4.42 Å². The average Bonchev–Trinajstić information content (AvgIpc) is 3.33. The lowest BCUT2D eigenvalue weighted by atomic mass is 10.1. The molecule has 0 saturated carbocycles. The summed E-state index contributed by atoms with van der Waals surface area (Å²) in [6, 6.07) is 14.6. The first-order valence-corrected chi connectivity index (χ1v) is 9.13. The Hall–Kier alpha value is -3.20. The molecule has 1 N–H and O–H groups in total. The largest absolute Gasteiger partial charge is 0.508 e. The van der Waals surface area contributed by atoms with E-state index in [-0.39, 0.29) is 11.0 Å². The van der Waals surface area contributed by atoms with E-state index in [0.29, 0.717) is 16.9 Å². The average molecular weight is 380 g/mol. The molecule has 4 rings (SSSR count). The maximum absolute atomic E-state index is 9.44. The lowest BCUT2D eigenvalue weighted by molar-refractivity contribution is 0.475. The number of aryl methyl sites for hydroxylation is 1. The molecule has 9 heteroatoms. The Labute approximate surface area is 159 Å². The van der Waals surface area contributed by atoms with Crippen molar-refractivity contribution in [3.05, 3.63) is 60.0 Å². The van der Waals surface area contributed by atoms with E-state index >= 15 is 0 Å². The number of thioether (sulfide) groups is 1. The van der Waals surface area contributed by atoms with Gasteiger partial charge in [-0.05, 0) is 60.7 Å². The van der Waals surface area contributed by atoms with Gasteiger partial charge in [-0.1, -0.05) is 29.5 Å². The maximum Gasteiger partial charge on any atom is 0.247 e. The van der Waals surface area contributed by atoms with Gasteiger partial charge in [0.05, 0.1) is 10.9 Å². The quantitative estimate of drug-likeness (QED) is 0.524. The van der Waals surface area contributed by atoms with Crippen molar-refractivity contribution in [2.24, 2.45) is 0 Å². The molecule has 2 aromatic carbocycles. The van der Waals surface area contributed by atoms with Crippen LogP contribution in [-0.2, 0) is 0 Å². The van der Waals surface area contributed by atoms with Crippen LogP contribution in [0.3, 0.4) is 0 Å². The van der Waals surface area contributed by atoms with Crippen LogP contribution in [0.15, 0.2) is 58.1 Å². The number of tetrazole rings is 1. The summed E-state index contributed by atoms with van der Waals surface area (Å²) in [7, 11) is 0. The number of aromatic hydroxyl groups is 1. The Kier molecular flexibility index (Phi) is 4.59. The summed E-state index contributed by atoms with van der Waals surface area (Å²) in [6.45, 7) is 3.98. The Balaban J connectivity index is 1.54. The lowest BCUT2D eigenvalue weighted by Crippen LogP contribution is -2.00. The van der Waals surface area contributed by atoms with Crippen molar-refractivity contribution in [3.8, 4) is 22.9 Å². The molecule has 0 saturated heterocycles. The van der Waals surface area contributed by atoms with E-state index < -0.39 is 0 Å². The summed E-state index contributed by atoms with van der Waals surface area (Å²) < 4.78 is 7.42. The van der Waals surface area contributed by atoms with Crippen LogP contribution in [0.1, 0.15) is 23.6 Å². The number of aromatic nitrogens is 6. The van der Waals surface area contributed by atoms with Gasteiger partial charge >= 0.3 is 0 Å². The molecule has 0 spiro atoms. The predicted octanol–water partition coefficient (Wildman–Crippen LogP) is 3.58. The second kappa shape index (κ2) is 7.20. The lowest BCUT2D eigenvalue weighted by Gasteiger charge is -2.07. The van der Waals surface area contributed by atoms with Gasteiger partial charge in [0.15, 0.2) is 0 Å². The standard InChI is InChI=1S/C18H16N6O2S/c1-11-3-5-13(6-4-11)17-20-19-16(26-17)12(2)27-18-21-22-23-24(18)14-7-9-15(25)10-8-14/h3-10,12,25H,1-2H3.